The van der Waals surface area contributed by atoms with Crippen LogP contribution in [0, 0.1) is 5.92 Å². The third-order valence-electron chi connectivity index (χ3n) is 2.19. The zero-order valence-corrected chi connectivity index (χ0v) is 10.8. The van der Waals surface area contributed by atoms with E-state index in [0.29, 0.717) is 5.92 Å². The normalized spacial score (nSPS) is 11.3. The minimum absolute atomic E-state index is 0.644. The minimum atomic E-state index is 0.644. The lowest BCUT2D eigenvalue weighted by molar-refractivity contribution is 0.593. The van der Waals surface area contributed by atoms with Crippen LogP contribution in [-0.2, 0) is 20.0 Å². The van der Waals surface area contributed by atoms with Crippen LogP contribution in [0.5, 0.6) is 0 Å². The maximum Gasteiger partial charge on any atom is 0.128 e. The van der Waals surface area contributed by atoms with E-state index in [9.17, 15) is 0 Å². The summed E-state index contributed by atoms with van der Waals surface area (Å²) in [6, 6.07) is 0. The lowest BCUT2D eigenvalue weighted by atomic mass is 10.1. The maximum atomic E-state index is 4.51. The summed E-state index contributed by atoms with van der Waals surface area (Å²) in [4.78, 5) is 4.51. The third-order valence-corrected chi connectivity index (χ3v) is 2.83. The molecule has 0 spiro atoms. The Balaban J connectivity index is 2.92. The second-order valence-corrected chi connectivity index (χ2v) is 4.70. The number of nitrogens with one attached hydrogen (secondary N) is 1. The van der Waals surface area contributed by atoms with E-state index in [-0.39, 0.29) is 0 Å². The van der Waals surface area contributed by atoms with E-state index in [1.165, 1.54) is 5.69 Å². The van der Waals surface area contributed by atoms with Gasteiger partial charge in [0.05, 0.1) is 5.69 Å². The van der Waals surface area contributed by atoms with Crippen molar-refractivity contribution in [1.29, 1.82) is 0 Å². The second-order valence-electron chi connectivity index (χ2n) is 3.95. The number of nitrogens with zero attached hydrogens (tertiary/aromatic N) is 2. The van der Waals surface area contributed by atoms with Crippen molar-refractivity contribution < 1.29 is 0 Å². The topological polar surface area (TPSA) is 29.9 Å². The van der Waals surface area contributed by atoms with E-state index in [2.05, 4.69) is 51.7 Å². The predicted molar refractivity (Wildman–Crippen MR) is 62.2 cm³/mol. The SMILES string of the molecule is CNCc1c(Br)nc(CC(C)C)n1C. The van der Waals surface area contributed by atoms with E-state index in [4.69, 9.17) is 0 Å². The first-order chi connectivity index (χ1) is 6.56. The highest BCUT2D eigenvalue weighted by molar-refractivity contribution is 9.10. The Morgan fingerprint density at radius 2 is 2.14 bits per heavy atom. The first-order valence-corrected chi connectivity index (χ1v) is 5.70. The van der Waals surface area contributed by atoms with Gasteiger partial charge >= 0.3 is 0 Å². The van der Waals surface area contributed by atoms with Crippen molar-refractivity contribution in [3.8, 4) is 0 Å². The lowest BCUT2D eigenvalue weighted by Crippen LogP contribution is -2.11. The molecule has 0 aromatic carbocycles. The van der Waals surface area contributed by atoms with Crippen LogP contribution in [0.4, 0.5) is 0 Å². The standard InChI is InChI=1S/C10H18BrN3/c1-7(2)5-9-13-10(11)8(6-12-3)14(9)4/h7,12H,5-6H2,1-4H3. The Labute approximate surface area is 94.0 Å². The van der Waals surface area contributed by atoms with Gasteiger partial charge in [-0.25, -0.2) is 4.98 Å². The van der Waals surface area contributed by atoms with Crippen LogP contribution in [0.1, 0.15) is 25.4 Å². The van der Waals surface area contributed by atoms with Gasteiger partial charge in [0, 0.05) is 20.0 Å². The summed E-state index contributed by atoms with van der Waals surface area (Å²) < 4.78 is 3.13. The van der Waals surface area contributed by atoms with Gasteiger partial charge in [-0.3, -0.25) is 0 Å². The molecule has 0 bridgehead atoms. The van der Waals surface area contributed by atoms with E-state index in [0.717, 1.165) is 23.4 Å². The van der Waals surface area contributed by atoms with Crippen molar-refractivity contribution in [2.24, 2.45) is 13.0 Å². The Bertz CT molecular complexity index is 305. The molecule has 0 amide bonds. The fraction of sp³-hybridized carbons (Fsp3) is 0.700. The molecule has 80 valence electrons. The Hall–Kier alpha value is -0.350. The molecule has 0 aliphatic carbocycles. The van der Waals surface area contributed by atoms with E-state index < -0.39 is 0 Å². The highest BCUT2D eigenvalue weighted by atomic mass is 79.9. The molecule has 1 aromatic rings. The van der Waals surface area contributed by atoms with Crippen LogP contribution >= 0.6 is 15.9 Å². The van der Waals surface area contributed by atoms with Crippen LogP contribution in [0.15, 0.2) is 4.60 Å². The molecule has 0 fully saturated rings. The molecule has 0 aliphatic heterocycles. The molecule has 0 unspecified atom stereocenters. The number of rotatable bonds is 4. The predicted octanol–water partition coefficient (Wildman–Crippen LogP) is 2.10. The summed E-state index contributed by atoms with van der Waals surface area (Å²) in [5, 5.41) is 3.14. The van der Waals surface area contributed by atoms with Crippen molar-refractivity contribution in [3.05, 3.63) is 16.1 Å². The quantitative estimate of drug-likeness (QED) is 0.898. The molecule has 0 atom stereocenters. The summed E-state index contributed by atoms with van der Waals surface area (Å²) in [5.41, 5.74) is 1.21. The van der Waals surface area contributed by atoms with Crippen molar-refractivity contribution in [3.63, 3.8) is 0 Å². The smallest absolute Gasteiger partial charge is 0.128 e. The number of hydrogen-bond acceptors (Lipinski definition) is 2. The fourth-order valence-electron chi connectivity index (χ4n) is 1.45. The minimum Gasteiger partial charge on any atom is -0.333 e. The first kappa shape index (κ1) is 11.7. The fourth-order valence-corrected chi connectivity index (χ4v) is 2.06. The molecule has 0 aliphatic rings. The molecule has 1 rings (SSSR count). The summed E-state index contributed by atoms with van der Waals surface area (Å²) in [6.07, 6.45) is 1.03. The molecule has 0 radical (unpaired) electrons. The zero-order valence-electron chi connectivity index (χ0n) is 9.26. The van der Waals surface area contributed by atoms with E-state index >= 15 is 0 Å². The Morgan fingerprint density at radius 1 is 1.50 bits per heavy atom. The van der Waals surface area contributed by atoms with Crippen LogP contribution in [0.2, 0.25) is 0 Å². The van der Waals surface area contributed by atoms with Crippen molar-refractivity contribution in [2.75, 3.05) is 7.05 Å². The number of imidazole rings is 1. The maximum absolute atomic E-state index is 4.51. The molecule has 1 aromatic heterocycles. The molecular weight excluding hydrogens is 242 g/mol. The van der Waals surface area contributed by atoms with Gasteiger partial charge in [0.1, 0.15) is 10.4 Å². The molecule has 1 N–H and O–H groups in total. The first-order valence-electron chi connectivity index (χ1n) is 4.90. The molecular formula is C10H18BrN3. The highest BCUT2D eigenvalue weighted by Gasteiger charge is 2.12. The average Bonchev–Trinajstić information content (AvgIpc) is 2.32. The average molecular weight is 260 g/mol. The van der Waals surface area contributed by atoms with Gasteiger partial charge in [0.2, 0.25) is 0 Å². The van der Waals surface area contributed by atoms with Gasteiger partial charge in [-0.05, 0) is 28.9 Å². The Kier molecular flexibility index (Phi) is 4.13. The number of hydrogen-bond donors (Lipinski definition) is 1. The monoisotopic (exact) mass is 259 g/mol. The molecule has 1 heterocycles. The molecule has 4 heteroatoms. The summed E-state index contributed by atoms with van der Waals surface area (Å²) in [5.74, 6) is 1.79. The summed E-state index contributed by atoms with van der Waals surface area (Å²) >= 11 is 3.49. The lowest BCUT2D eigenvalue weighted by Gasteiger charge is -2.07. The van der Waals surface area contributed by atoms with Gasteiger partial charge in [-0.15, -0.1) is 0 Å². The van der Waals surface area contributed by atoms with Gasteiger partial charge in [-0.1, -0.05) is 13.8 Å². The van der Waals surface area contributed by atoms with Crippen molar-refractivity contribution in [1.82, 2.24) is 14.9 Å². The van der Waals surface area contributed by atoms with Crippen LogP contribution in [0.3, 0.4) is 0 Å². The molecule has 14 heavy (non-hydrogen) atoms. The highest BCUT2D eigenvalue weighted by Crippen LogP contribution is 2.18. The summed E-state index contributed by atoms with van der Waals surface area (Å²) in [6.45, 7) is 5.27. The van der Waals surface area contributed by atoms with Gasteiger partial charge < -0.3 is 9.88 Å². The second kappa shape index (κ2) is 4.94. The largest absolute Gasteiger partial charge is 0.333 e. The molecule has 3 nitrogen and oxygen atoms in total. The number of halogens is 1. The van der Waals surface area contributed by atoms with Crippen LogP contribution < -0.4 is 5.32 Å². The Morgan fingerprint density at radius 3 is 2.64 bits per heavy atom. The molecule has 0 saturated heterocycles. The summed E-state index contributed by atoms with van der Waals surface area (Å²) in [7, 11) is 4.02. The van der Waals surface area contributed by atoms with Crippen molar-refractivity contribution in [2.45, 2.75) is 26.8 Å². The van der Waals surface area contributed by atoms with Gasteiger partial charge in [0.25, 0.3) is 0 Å². The van der Waals surface area contributed by atoms with E-state index in [1.807, 2.05) is 7.05 Å². The van der Waals surface area contributed by atoms with Crippen LogP contribution in [0.25, 0.3) is 0 Å². The molecule has 0 saturated carbocycles. The van der Waals surface area contributed by atoms with Gasteiger partial charge in [-0.2, -0.15) is 0 Å². The third kappa shape index (κ3) is 2.58. The van der Waals surface area contributed by atoms with Crippen molar-refractivity contribution >= 4 is 15.9 Å². The zero-order chi connectivity index (χ0) is 10.7. The number of aromatic nitrogens is 2. The van der Waals surface area contributed by atoms with Gasteiger partial charge in [0.15, 0.2) is 0 Å². The van der Waals surface area contributed by atoms with Crippen LogP contribution in [-0.4, -0.2) is 16.6 Å². The van der Waals surface area contributed by atoms with E-state index in [1.54, 1.807) is 0 Å².